The van der Waals surface area contributed by atoms with Gasteiger partial charge >= 0.3 is 0 Å². The smallest absolute Gasteiger partial charge is 0.222 e. The Hall–Kier alpha value is -0.810. The standard InChI is InChI=1S/C15H21ClN2O2.ClH/c1-2-14(11-3-5-12(16)6-4-11)18-15(19)9-13-10-20-8-7-17-13;/h3-6,13-14,17H,2,7-10H2,1H3,(H,18,19);1H. The van der Waals surface area contributed by atoms with Crippen LogP contribution in [0.15, 0.2) is 24.3 Å². The highest BCUT2D eigenvalue weighted by atomic mass is 35.5. The van der Waals surface area contributed by atoms with Crippen LogP contribution in [0.1, 0.15) is 31.4 Å². The van der Waals surface area contributed by atoms with Gasteiger partial charge in [0.15, 0.2) is 0 Å². The van der Waals surface area contributed by atoms with Crippen LogP contribution in [0.25, 0.3) is 0 Å². The van der Waals surface area contributed by atoms with E-state index in [1.807, 2.05) is 24.3 Å². The van der Waals surface area contributed by atoms with Crippen LogP contribution in [0.2, 0.25) is 5.02 Å². The number of halogens is 2. The molecule has 0 spiro atoms. The average molecular weight is 333 g/mol. The molecule has 118 valence electrons. The Labute approximate surface area is 137 Å². The maximum Gasteiger partial charge on any atom is 0.222 e. The summed E-state index contributed by atoms with van der Waals surface area (Å²) >= 11 is 5.88. The van der Waals surface area contributed by atoms with Crippen LogP contribution in [0.3, 0.4) is 0 Å². The van der Waals surface area contributed by atoms with Gasteiger partial charge in [-0.3, -0.25) is 4.79 Å². The fraction of sp³-hybridized carbons (Fsp3) is 0.533. The van der Waals surface area contributed by atoms with Gasteiger partial charge in [0.05, 0.1) is 19.3 Å². The van der Waals surface area contributed by atoms with E-state index in [9.17, 15) is 4.79 Å². The lowest BCUT2D eigenvalue weighted by Crippen LogP contribution is -2.44. The lowest BCUT2D eigenvalue weighted by molar-refractivity contribution is -0.123. The van der Waals surface area contributed by atoms with Crippen molar-refractivity contribution in [3.05, 3.63) is 34.9 Å². The number of nitrogens with one attached hydrogen (secondary N) is 2. The number of amides is 1. The molecule has 1 aliphatic rings. The predicted octanol–water partition coefficient (Wildman–Crippen LogP) is 2.71. The third-order valence-electron chi connectivity index (χ3n) is 3.45. The van der Waals surface area contributed by atoms with Crippen molar-refractivity contribution in [2.75, 3.05) is 19.8 Å². The van der Waals surface area contributed by atoms with Crippen molar-refractivity contribution in [2.45, 2.75) is 31.8 Å². The second-order valence-corrected chi connectivity index (χ2v) is 5.45. The van der Waals surface area contributed by atoms with Crippen molar-refractivity contribution in [3.63, 3.8) is 0 Å². The first kappa shape index (κ1) is 18.2. The zero-order chi connectivity index (χ0) is 14.4. The molecule has 6 heteroatoms. The van der Waals surface area contributed by atoms with Gasteiger partial charge in [-0.1, -0.05) is 30.7 Å². The van der Waals surface area contributed by atoms with Gasteiger partial charge in [0.2, 0.25) is 5.91 Å². The fourth-order valence-electron chi connectivity index (χ4n) is 2.34. The normalized spacial score (nSPS) is 19.4. The molecule has 2 rings (SSSR count). The molecule has 1 heterocycles. The zero-order valence-electron chi connectivity index (χ0n) is 12.1. The number of benzene rings is 1. The quantitative estimate of drug-likeness (QED) is 0.871. The molecule has 2 N–H and O–H groups in total. The molecule has 1 aromatic carbocycles. The van der Waals surface area contributed by atoms with Crippen LogP contribution in [0, 0.1) is 0 Å². The van der Waals surface area contributed by atoms with E-state index in [0.29, 0.717) is 18.1 Å². The summed E-state index contributed by atoms with van der Waals surface area (Å²) in [6, 6.07) is 7.76. The number of carbonyl (C=O) groups excluding carboxylic acids is 1. The maximum atomic E-state index is 12.1. The van der Waals surface area contributed by atoms with Gasteiger partial charge in [-0.2, -0.15) is 0 Å². The number of hydrogen-bond acceptors (Lipinski definition) is 3. The average Bonchev–Trinajstić information content (AvgIpc) is 2.47. The molecule has 2 atom stereocenters. The van der Waals surface area contributed by atoms with Gasteiger partial charge in [-0.15, -0.1) is 12.4 Å². The minimum Gasteiger partial charge on any atom is -0.378 e. The number of rotatable bonds is 5. The molecule has 1 aliphatic heterocycles. The fourth-order valence-corrected chi connectivity index (χ4v) is 2.47. The molecule has 0 bridgehead atoms. The molecule has 0 saturated carbocycles. The Balaban J connectivity index is 0.00000220. The van der Waals surface area contributed by atoms with E-state index in [1.165, 1.54) is 0 Å². The maximum absolute atomic E-state index is 12.1. The van der Waals surface area contributed by atoms with Crippen LogP contribution in [-0.2, 0) is 9.53 Å². The Kier molecular flexibility index (Phi) is 8.04. The minimum absolute atomic E-state index is 0. The first-order valence-electron chi connectivity index (χ1n) is 7.05. The predicted molar refractivity (Wildman–Crippen MR) is 87.1 cm³/mol. The summed E-state index contributed by atoms with van der Waals surface area (Å²) in [5, 5.41) is 7.06. The van der Waals surface area contributed by atoms with Crippen molar-refractivity contribution in [3.8, 4) is 0 Å². The van der Waals surface area contributed by atoms with E-state index in [-0.39, 0.29) is 30.4 Å². The van der Waals surface area contributed by atoms with E-state index in [2.05, 4.69) is 17.6 Å². The lowest BCUT2D eigenvalue weighted by Gasteiger charge is -2.24. The number of morpholine rings is 1. The highest BCUT2D eigenvalue weighted by Crippen LogP contribution is 2.19. The third-order valence-corrected chi connectivity index (χ3v) is 3.70. The topological polar surface area (TPSA) is 50.4 Å². The molecule has 0 radical (unpaired) electrons. The van der Waals surface area contributed by atoms with Crippen molar-refractivity contribution in [1.29, 1.82) is 0 Å². The van der Waals surface area contributed by atoms with Gasteiger partial charge in [-0.25, -0.2) is 0 Å². The lowest BCUT2D eigenvalue weighted by atomic mass is 10.0. The van der Waals surface area contributed by atoms with Gasteiger partial charge < -0.3 is 15.4 Å². The molecule has 2 unspecified atom stereocenters. The Morgan fingerprint density at radius 3 is 2.76 bits per heavy atom. The molecule has 1 aromatic rings. The van der Waals surface area contributed by atoms with Crippen molar-refractivity contribution >= 4 is 29.9 Å². The largest absolute Gasteiger partial charge is 0.378 e. The summed E-state index contributed by atoms with van der Waals surface area (Å²) in [5.74, 6) is 0.0507. The van der Waals surface area contributed by atoms with Crippen molar-refractivity contribution in [1.82, 2.24) is 10.6 Å². The summed E-state index contributed by atoms with van der Waals surface area (Å²) < 4.78 is 5.35. The summed E-state index contributed by atoms with van der Waals surface area (Å²) in [5.41, 5.74) is 1.08. The third kappa shape index (κ3) is 5.83. The number of carbonyl (C=O) groups is 1. The molecule has 1 fully saturated rings. The first-order chi connectivity index (χ1) is 9.69. The van der Waals surface area contributed by atoms with Crippen molar-refractivity contribution in [2.24, 2.45) is 0 Å². The zero-order valence-corrected chi connectivity index (χ0v) is 13.7. The Bertz CT molecular complexity index is 434. The van der Waals surface area contributed by atoms with E-state index < -0.39 is 0 Å². The summed E-state index contributed by atoms with van der Waals surface area (Å²) in [7, 11) is 0. The number of hydrogen-bond donors (Lipinski definition) is 2. The summed E-state index contributed by atoms with van der Waals surface area (Å²) in [4.78, 5) is 12.1. The highest BCUT2D eigenvalue weighted by molar-refractivity contribution is 6.30. The van der Waals surface area contributed by atoms with E-state index in [1.54, 1.807) is 0 Å². The SMILES string of the molecule is CCC(NC(=O)CC1COCCN1)c1ccc(Cl)cc1.Cl. The van der Waals surface area contributed by atoms with Gasteiger partial charge in [0, 0.05) is 24.0 Å². The summed E-state index contributed by atoms with van der Waals surface area (Å²) in [6.07, 6.45) is 1.30. The Morgan fingerprint density at radius 2 is 2.19 bits per heavy atom. The number of ether oxygens (including phenoxy) is 1. The van der Waals surface area contributed by atoms with E-state index in [4.69, 9.17) is 16.3 Å². The van der Waals surface area contributed by atoms with Crippen LogP contribution >= 0.6 is 24.0 Å². The highest BCUT2D eigenvalue weighted by Gasteiger charge is 2.19. The molecule has 0 aliphatic carbocycles. The van der Waals surface area contributed by atoms with E-state index in [0.717, 1.165) is 25.1 Å². The van der Waals surface area contributed by atoms with Crippen molar-refractivity contribution < 1.29 is 9.53 Å². The van der Waals surface area contributed by atoms with Gasteiger partial charge in [-0.05, 0) is 24.1 Å². The van der Waals surface area contributed by atoms with Crippen LogP contribution in [-0.4, -0.2) is 31.7 Å². The molecule has 0 aromatic heterocycles. The molecule has 21 heavy (non-hydrogen) atoms. The Morgan fingerprint density at radius 1 is 1.48 bits per heavy atom. The summed E-state index contributed by atoms with van der Waals surface area (Å²) in [6.45, 7) is 4.19. The van der Waals surface area contributed by atoms with E-state index >= 15 is 0 Å². The van der Waals surface area contributed by atoms with Gasteiger partial charge in [0.25, 0.3) is 0 Å². The van der Waals surface area contributed by atoms with Crippen LogP contribution in [0.4, 0.5) is 0 Å². The molecular weight excluding hydrogens is 311 g/mol. The molecular formula is C15H22Cl2N2O2. The molecule has 1 saturated heterocycles. The van der Waals surface area contributed by atoms with Gasteiger partial charge in [0.1, 0.15) is 0 Å². The van der Waals surface area contributed by atoms with Crippen LogP contribution < -0.4 is 10.6 Å². The second-order valence-electron chi connectivity index (χ2n) is 5.01. The monoisotopic (exact) mass is 332 g/mol. The first-order valence-corrected chi connectivity index (χ1v) is 7.42. The van der Waals surface area contributed by atoms with Crippen LogP contribution in [0.5, 0.6) is 0 Å². The minimum atomic E-state index is 0. The molecule has 4 nitrogen and oxygen atoms in total. The molecule has 1 amide bonds. The second kappa shape index (κ2) is 9.26.